The predicted octanol–water partition coefficient (Wildman–Crippen LogP) is 4.74. The minimum Gasteiger partial charge on any atom is -0.457 e. The van der Waals surface area contributed by atoms with Gasteiger partial charge in [-0.25, -0.2) is 0 Å². The largest absolute Gasteiger partial charge is 0.457 e. The standard InChI is InChI=1S/C25H27N3O3/c1-3-28-23(16-18(2)26-28)25(30)27-15-7-8-20(17-27)24(29)19-11-13-22(14-12-19)31-21-9-5-4-6-10-21/h4-6,9-14,16,20H,3,7-8,15,17H2,1-2H3/t20-/m1/s1. The first-order valence-electron chi connectivity index (χ1n) is 10.8. The number of aryl methyl sites for hydroxylation is 2. The van der Waals surface area contributed by atoms with Crippen molar-refractivity contribution in [3.63, 3.8) is 0 Å². The molecule has 1 amide bonds. The van der Waals surface area contributed by atoms with Gasteiger partial charge in [-0.05, 0) is 69.2 Å². The van der Waals surface area contributed by atoms with Crippen LogP contribution in [0.25, 0.3) is 0 Å². The Morgan fingerprint density at radius 3 is 2.48 bits per heavy atom. The number of aromatic nitrogens is 2. The van der Waals surface area contributed by atoms with E-state index in [-0.39, 0.29) is 17.6 Å². The fraction of sp³-hybridized carbons (Fsp3) is 0.320. The number of nitrogens with zero attached hydrogens (tertiary/aromatic N) is 3. The summed E-state index contributed by atoms with van der Waals surface area (Å²) in [6.07, 6.45) is 1.60. The molecule has 4 rings (SSSR count). The van der Waals surface area contributed by atoms with E-state index < -0.39 is 0 Å². The highest BCUT2D eigenvalue weighted by molar-refractivity contribution is 5.99. The minimum absolute atomic E-state index is 0.0495. The third-order valence-corrected chi connectivity index (χ3v) is 5.62. The van der Waals surface area contributed by atoms with E-state index in [0.717, 1.165) is 24.3 Å². The molecule has 1 fully saturated rings. The quantitative estimate of drug-likeness (QED) is 0.544. The SMILES string of the molecule is CCn1nc(C)cc1C(=O)N1CCC[C@@H](C(=O)c2ccc(Oc3ccccc3)cc2)C1. The van der Waals surface area contributed by atoms with Gasteiger partial charge in [-0.3, -0.25) is 14.3 Å². The number of carbonyl (C=O) groups excluding carboxylic acids is 2. The molecule has 0 radical (unpaired) electrons. The van der Waals surface area contributed by atoms with Crippen LogP contribution in [0, 0.1) is 12.8 Å². The molecule has 1 aliphatic heterocycles. The van der Waals surface area contributed by atoms with Crippen molar-refractivity contribution in [1.29, 1.82) is 0 Å². The Bertz CT molecular complexity index is 1060. The average molecular weight is 418 g/mol. The zero-order valence-corrected chi connectivity index (χ0v) is 18.0. The average Bonchev–Trinajstić information content (AvgIpc) is 3.20. The van der Waals surface area contributed by atoms with E-state index in [1.165, 1.54) is 0 Å². The lowest BCUT2D eigenvalue weighted by Gasteiger charge is -2.32. The second-order valence-electron chi connectivity index (χ2n) is 7.88. The lowest BCUT2D eigenvalue weighted by atomic mass is 9.90. The highest BCUT2D eigenvalue weighted by Gasteiger charge is 2.30. The van der Waals surface area contributed by atoms with Gasteiger partial charge in [0.25, 0.3) is 5.91 Å². The zero-order valence-electron chi connectivity index (χ0n) is 18.0. The fourth-order valence-electron chi connectivity index (χ4n) is 4.04. The Kier molecular flexibility index (Phi) is 6.16. The summed E-state index contributed by atoms with van der Waals surface area (Å²) in [7, 11) is 0. The molecule has 1 aliphatic rings. The number of carbonyl (C=O) groups is 2. The molecule has 31 heavy (non-hydrogen) atoms. The highest BCUT2D eigenvalue weighted by atomic mass is 16.5. The molecule has 2 aromatic carbocycles. The number of benzene rings is 2. The molecule has 1 aromatic heterocycles. The maximum absolute atomic E-state index is 13.1. The van der Waals surface area contributed by atoms with Crippen molar-refractivity contribution in [2.75, 3.05) is 13.1 Å². The van der Waals surface area contributed by atoms with Crippen LogP contribution in [0.4, 0.5) is 0 Å². The van der Waals surface area contributed by atoms with Crippen molar-refractivity contribution in [2.24, 2.45) is 5.92 Å². The summed E-state index contributed by atoms with van der Waals surface area (Å²) in [4.78, 5) is 28.0. The first kappa shape index (κ1) is 20.8. The number of likely N-dealkylation sites (tertiary alicyclic amines) is 1. The Morgan fingerprint density at radius 1 is 1.06 bits per heavy atom. The van der Waals surface area contributed by atoms with Gasteiger partial charge < -0.3 is 9.64 Å². The van der Waals surface area contributed by atoms with Crippen LogP contribution in [0.5, 0.6) is 11.5 Å². The summed E-state index contributed by atoms with van der Waals surface area (Å²) >= 11 is 0. The molecule has 6 heteroatoms. The lowest BCUT2D eigenvalue weighted by Crippen LogP contribution is -2.43. The van der Waals surface area contributed by atoms with Crippen LogP contribution < -0.4 is 4.74 Å². The highest BCUT2D eigenvalue weighted by Crippen LogP contribution is 2.25. The van der Waals surface area contributed by atoms with E-state index in [4.69, 9.17) is 4.74 Å². The Morgan fingerprint density at radius 2 is 1.77 bits per heavy atom. The van der Waals surface area contributed by atoms with Gasteiger partial charge in [-0.2, -0.15) is 5.10 Å². The van der Waals surface area contributed by atoms with Gasteiger partial charge in [0.2, 0.25) is 0 Å². The third kappa shape index (κ3) is 4.68. The summed E-state index contributed by atoms with van der Waals surface area (Å²) in [5.74, 6) is 1.27. The van der Waals surface area contributed by atoms with Gasteiger partial charge in [0.1, 0.15) is 17.2 Å². The smallest absolute Gasteiger partial charge is 0.272 e. The van der Waals surface area contributed by atoms with Crippen LogP contribution in [0.2, 0.25) is 0 Å². The van der Waals surface area contributed by atoms with E-state index in [9.17, 15) is 9.59 Å². The van der Waals surface area contributed by atoms with Gasteiger partial charge >= 0.3 is 0 Å². The summed E-state index contributed by atoms with van der Waals surface area (Å²) in [5, 5.41) is 4.38. The van der Waals surface area contributed by atoms with Crippen molar-refractivity contribution in [3.05, 3.63) is 77.6 Å². The Balaban J connectivity index is 1.43. The molecular weight excluding hydrogens is 390 g/mol. The van der Waals surface area contributed by atoms with Gasteiger partial charge in [-0.15, -0.1) is 0 Å². The van der Waals surface area contributed by atoms with Gasteiger partial charge in [0, 0.05) is 31.1 Å². The molecule has 0 N–H and O–H groups in total. The molecule has 1 saturated heterocycles. The molecule has 160 valence electrons. The van der Waals surface area contributed by atoms with Crippen molar-refractivity contribution in [3.8, 4) is 11.5 Å². The summed E-state index contributed by atoms with van der Waals surface area (Å²) in [6, 6.07) is 18.6. The van der Waals surface area contributed by atoms with Crippen LogP contribution in [0.15, 0.2) is 60.7 Å². The van der Waals surface area contributed by atoms with E-state index in [2.05, 4.69) is 5.10 Å². The monoisotopic (exact) mass is 417 g/mol. The molecule has 0 spiro atoms. The van der Waals surface area contributed by atoms with E-state index in [0.29, 0.717) is 36.6 Å². The van der Waals surface area contributed by atoms with Crippen LogP contribution in [0.1, 0.15) is 46.3 Å². The summed E-state index contributed by atoms with van der Waals surface area (Å²) < 4.78 is 7.54. The second-order valence-corrected chi connectivity index (χ2v) is 7.88. The number of ether oxygens (including phenoxy) is 1. The number of Topliss-reactive ketones (excluding diaryl/α,β-unsaturated/α-hetero) is 1. The fourth-order valence-corrected chi connectivity index (χ4v) is 4.04. The van der Waals surface area contributed by atoms with Crippen LogP contribution >= 0.6 is 0 Å². The van der Waals surface area contributed by atoms with Gasteiger partial charge in [0.15, 0.2) is 5.78 Å². The van der Waals surface area contributed by atoms with Crippen molar-refractivity contribution >= 4 is 11.7 Å². The number of para-hydroxylation sites is 1. The number of hydrogen-bond acceptors (Lipinski definition) is 4. The topological polar surface area (TPSA) is 64.4 Å². The Hall–Kier alpha value is -3.41. The third-order valence-electron chi connectivity index (χ3n) is 5.62. The maximum atomic E-state index is 13.1. The van der Waals surface area contributed by atoms with E-state index >= 15 is 0 Å². The number of piperidine rings is 1. The molecular formula is C25H27N3O3. The molecule has 6 nitrogen and oxygen atoms in total. The van der Waals surface area contributed by atoms with Gasteiger partial charge in [0.05, 0.1) is 5.69 Å². The van der Waals surface area contributed by atoms with Gasteiger partial charge in [-0.1, -0.05) is 18.2 Å². The second kappa shape index (κ2) is 9.16. The number of hydrogen-bond donors (Lipinski definition) is 0. The lowest BCUT2D eigenvalue weighted by molar-refractivity contribution is 0.0627. The van der Waals surface area contributed by atoms with Crippen LogP contribution in [-0.2, 0) is 6.54 Å². The molecule has 0 bridgehead atoms. The normalized spacial score (nSPS) is 16.2. The molecule has 2 heterocycles. The molecule has 0 aliphatic carbocycles. The number of rotatable bonds is 6. The van der Waals surface area contributed by atoms with E-state index in [1.54, 1.807) is 21.7 Å². The predicted molar refractivity (Wildman–Crippen MR) is 119 cm³/mol. The van der Waals surface area contributed by atoms with Crippen molar-refractivity contribution < 1.29 is 14.3 Å². The minimum atomic E-state index is -0.197. The molecule has 0 saturated carbocycles. The Labute approximate surface area is 182 Å². The first-order chi connectivity index (χ1) is 15.0. The number of amides is 1. The number of ketones is 1. The maximum Gasteiger partial charge on any atom is 0.272 e. The van der Waals surface area contributed by atoms with Crippen LogP contribution in [0.3, 0.4) is 0 Å². The summed E-state index contributed by atoms with van der Waals surface area (Å²) in [5.41, 5.74) is 2.07. The zero-order chi connectivity index (χ0) is 21.8. The molecule has 1 atom stereocenters. The van der Waals surface area contributed by atoms with Crippen molar-refractivity contribution in [2.45, 2.75) is 33.2 Å². The van der Waals surface area contributed by atoms with Crippen molar-refractivity contribution in [1.82, 2.24) is 14.7 Å². The van der Waals surface area contributed by atoms with E-state index in [1.807, 2.05) is 62.4 Å². The summed E-state index contributed by atoms with van der Waals surface area (Å²) in [6.45, 7) is 5.60. The van der Waals surface area contributed by atoms with Crippen LogP contribution in [-0.4, -0.2) is 39.5 Å². The molecule has 0 unspecified atom stereocenters. The molecule has 3 aromatic rings. The first-order valence-corrected chi connectivity index (χ1v) is 10.8.